The van der Waals surface area contributed by atoms with Gasteiger partial charge in [-0.2, -0.15) is 8.78 Å². The number of methoxy groups -OCH3 is 1. The van der Waals surface area contributed by atoms with Crippen LogP contribution in [0.2, 0.25) is 0 Å². The van der Waals surface area contributed by atoms with Gasteiger partial charge in [0.25, 0.3) is 11.6 Å². The van der Waals surface area contributed by atoms with E-state index in [1.165, 1.54) is 0 Å². The number of ether oxygens (including phenoxy) is 2. The highest BCUT2D eigenvalue weighted by Crippen LogP contribution is 2.36. The van der Waals surface area contributed by atoms with E-state index in [0.29, 0.717) is 6.07 Å². The first-order chi connectivity index (χ1) is 11.7. The second-order valence-corrected chi connectivity index (χ2v) is 5.23. The van der Waals surface area contributed by atoms with Crippen LogP contribution < -0.4 is 9.47 Å². The lowest BCUT2D eigenvalue weighted by Crippen LogP contribution is -2.30. The molecule has 1 amide bonds. The van der Waals surface area contributed by atoms with Crippen LogP contribution in [-0.2, 0) is 4.79 Å². The summed E-state index contributed by atoms with van der Waals surface area (Å²) in [5.41, 5.74) is -1.13. The highest BCUT2D eigenvalue weighted by Gasteiger charge is 2.35. The molecule has 9 nitrogen and oxygen atoms in total. The number of alkyl halides is 2. The third kappa shape index (κ3) is 3.92. The molecule has 2 rings (SSSR count). The molecule has 1 heterocycles. The molecular weight excluding hydrogens is 346 g/mol. The molecule has 0 aromatic heterocycles. The zero-order valence-electron chi connectivity index (χ0n) is 13.0. The molecule has 0 saturated carbocycles. The third-order valence-electron chi connectivity index (χ3n) is 3.75. The van der Waals surface area contributed by atoms with Gasteiger partial charge in [-0.25, -0.2) is 0 Å². The maximum atomic E-state index is 12.5. The first-order valence-corrected chi connectivity index (χ1v) is 7.08. The summed E-state index contributed by atoms with van der Waals surface area (Å²) < 4.78 is 33.8. The average Bonchev–Trinajstić information content (AvgIpc) is 3.03. The van der Waals surface area contributed by atoms with Crippen LogP contribution in [0.15, 0.2) is 12.1 Å². The molecule has 1 saturated heterocycles. The van der Waals surface area contributed by atoms with E-state index in [-0.39, 0.29) is 25.3 Å². The summed E-state index contributed by atoms with van der Waals surface area (Å²) in [4.78, 5) is 35.0. The van der Waals surface area contributed by atoms with Crippen LogP contribution in [0, 0.1) is 16.0 Å². The van der Waals surface area contributed by atoms with Crippen molar-refractivity contribution >= 4 is 17.6 Å². The molecule has 1 fully saturated rings. The number of amides is 1. The van der Waals surface area contributed by atoms with Crippen LogP contribution in [-0.4, -0.2) is 53.6 Å². The number of likely N-dealkylation sites (tertiary alicyclic amines) is 1. The Balaban J connectivity index is 2.40. The zero-order chi connectivity index (χ0) is 18.7. The van der Waals surface area contributed by atoms with E-state index in [4.69, 9.17) is 9.84 Å². The van der Waals surface area contributed by atoms with Gasteiger partial charge in [-0.15, -0.1) is 0 Å². The number of benzene rings is 1. The van der Waals surface area contributed by atoms with Crippen LogP contribution in [0.5, 0.6) is 11.5 Å². The fourth-order valence-electron chi connectivity index (χ4n) is 2.54. The van der Waals surface area contributed by atoms with Crippen LogP contribution in [0.3, 0.4) is 0 Å². The molecule has 1 N–H and O–H groups in total. The predicted octanol–water partition coefficient (Wildman–Crippen LogP) is 1.75. The topological polar surface area (TPSA) is 119 Å². The highest BCUT2D eigenvalue weighted by atomic mass is 19.3. The second kappa shape index (κ2) is 7.28. The number of carbonyl (C=O) groups excluding carboxylic acids is 1. The monoisotopic (exact) mass is 360 g/mol. The molecular formula is C14H14F2N2O7. The maximum Gasteiger partial charge on any atom is 0.387 e. The number of nitro benzene ring substituents is 1. The van der Waals surface area contributed by atoms with Crippen molar-refractivity contribution < 1.29 is 37.9 Å². The van der Waals surface area contributed by atoms with E-state index in [1.807, 2.05) is 0 Å². The summed E-state index contributed by atoms with van der Waals surface area (Å²) in [6, 6.07) is 1.62. The minimum Gasteiger partial charge on any atom is -0.493 e. The minimum atomic E-state index is -3.23. The Hall–Kier alpha value is -2.98. The molecule has 1 unspecified atom stereocenters. The summed E-state index contributed by atoms with van der Waals surface area (Å²) in [5.74, 6) is -3.46. The summed E-state index contributed by atoms with van der Waals surface area (Å²) in [6.07, 6.45) is 0.221. The molecule has 0 aliphatic carbocycles. The van der Waals surface area contributed by atoms with Crippen molar-refractivity contribution in [2.75, 3.05) is 20.2 Å². The number of halogens is 2. The minimum absolute atomic E-state index is 0.0943. The molecule has 1 aromatic rings. The van der Waals surface area contributed by atoms with Crippen LogP contribution >= 0.6 is 0 Å². The number of carboxylic acids is 1. The zero-order valence-corrected chi connectivity index (χ0v) is 13.0. The molecule has 1 aliphatic heterocycles. The molecule has 1 aromatic carbocycles. The Morgan fingerprint density at radius 1 is 1.40 bits per heavy atom. The largest absolute Gasteiger partial charge is 0.493 e. The molecule has 11 heteroatoms. The standard InChI is InChI=1S/C14H14F2N2O7/c1-24-10-4-8(9(18(22)23)5-11(10)25-14(15)16)12(19)17-3-2-7(6-17)13(20)21/h4-5,7,14H,2-3,6H2,1H3,(H,20,21). The Kier molecular flexibility index (Phi) is 5.35. The van der Waals surface area contributed by atoms with Crippen LogP contribution in [0.4, 0.5) is 14.5 Å². The number of aliphatic carboxylic acids is 1. The number of rotatable bonds is 6. The second-order valence-electron chi connectivity index (χ2n) is 5.23. The van der Waals surface area contributed by atoms with Crippen molar-refractivity contribution in [3.05, 3.63) is 27.8 Å². The quantitative estimate of drug-likeness (QED) is 0.606. The SMILES string of the molecule is COc1cc(C(=O)N2CCC(C(=O)O)C2)c([N+](=O)[O-])cc1OC(F)F. The first-order valence-electron chi connectivity index (χ1n) is 7.08. The van der Waals surface area contributed by atoms with Gasteiger partial charge in [-0.1, -0.05) is 0 Å². The van der Waals surface area contributed by atoms with Gasteiger partial charge >= 0.3 is 12.6 Å². The first kappa shape index (κ1) is 18.4. The van der Waals surface area contributed by atoms with Gasteiger partial charge in [0, 0.05) is 19.2 Å². The molecule has 0 radical (unpaired) electrons. The van der Waals surface area contributed by atoms with E-state index in [9.17, 15) is 28.5 Å². The van der Waals surface area contributed by atoms with Gasteiger partial charge in [-0.3, -0.25) is 19.7 Å². The lowest BCUT2D eigenvalue weighted by molar-refractivity contribution is -0.385. The molecule has 25 heavy (non-hydrogen) atoms. The average molecular weight is 360 g/mol. The number of hydrogen-bond donors (Lipinski definition) is 1. The number of carbonyl (C=O) groups is 2. The van der Waals surface area contributed by atoms with Crippen LogP contribution in [0.1, 0.15) is 16.8 Å². The molecule has 1 atom stereocenters. The van der Waals surface area contributed by atoms with Crippen molar-refractivity contribution in [3.8, 4) is 11.5 Å². The van der Waals surface area contributed by atoms with E-state index in [1.54, 1.807) is 0 Å². The van der Waals surface area contributed by atoms with Gasteiger partial charge in [0.15, 0.2) is 11.5 Å². The summed E-state index contributed by atoms with van der Waals surface area (Å²) in [5, 5.41) is 20.2. The lowest BCUT2D eigenvalue weighted by atomic mass is 10.1. The summed E-state index contributed by atoms with van der Waals surface area (Å²) in [7, 11) is 1.13. The maximum absolute atomic E-state index is 12.5. The van der Waals surface area contributed by atoms with E-state index in [2.05, 4.69) is 4.74 Å². The Labute approximate surface area is 139 Å². The Morgan fingerprint density at radius 3 is 2.56 bits per heavy atom. The van der Waals surface area contributed by atoms with Gasteiger partial charge in [0.05, 0.1) is 24.0 Å². The number of nitrogens with zero attached hydrogens (tertiary/aromatic N) is 2. The molecule has 0 spiro atoms. The Bertz CT molecular complexity index is 711. The summed E-state index contributed by atoms with van der Waals surface area (Å²) >= 11 is 0. The van der Waals surface area contributed by atoms with Gasteiger partial charge in [0.1, 0.15) is 5.56 Å². The van der Waals surface area contributed by atoms with E-state index < -0.39 is 46.3 Å². The fraction of sp³-hybridized carbons (Fsp3) is 0.429. The Morgan fingerprint density at radius 2 is 2.08 bits per heavy atom. The lowest BCUT2D eigenvalue weighted by Gasteiger charge is -2.17. The van der Waals surface area contributed by atoms with Crippen molar-refractivity contribution in [3.63, 3.8) is 0 Å². The number of carboxylic acid groups (broad SMARTS) is 1. The van der Waals surface area contributed by atoms with Crippen molar-refractivity contribution in [2.45, 2.75) is 13.0 Å². The highest BCUT2D eigenvalue weighted by molar-refractivity contribution is 5.99. The smallest absolute Gasteiger partial charge is 0.387 e. The normalized spacial score (nSPS) is 16.8. The number of nitro groups is 1. The van der Waals surface area contributed by atoms with Crippen molar-refractivity contribution in [1.82, 2.24) is 4.90 Å². The molecule has 1 aliphatic rings. The number of hydrogen-bond acceptors (Lipinski definition) is 6. The fourth-order valence-corrected chi connectivity index (χ4v) is 2.54. The third-order valence-corrected chi connectivity index (χ3v) is 3.75. The van der Waals surface area contributed by atoms with Crippen LogP contribution in [0.25, 0.3) is 0 Å². The van der Waals surface area contributed by atoms with E-state index in [0.717, 1.165) is 18.1 Å². The predicted molar refractivity (Wildman–Crippen MR) is 77.9 cm³/mol. The van der Waals surface area contributed by atoms with Gasteiger partial charge in [-0.05, 0) is 6.42 Å². The van der Waals surface area contributed by atoms with Crippen molar-refractivity contribution in [2.24, 2.45) is 5.92 Å². The molecule has 136 valence electrons. The van der Waals surface area contributed by atoms with E-state index >= 15 is 0 Å². The molecule has 0 bridgehead atoms. The van der Waals surface area contributed by atoms with Crippen molar-refractivity contribution in [1.29, 1.82) is 0 Å². The van der Waals surface area contributed by atoms with Gasteiger partial charge in [0.2, 0.25) is 0 Å². The van der Waals surface area contributed by atoms with Gasteiger partial charge < -0.3 is 19.5 Å². The summed E-state index contributed by atoms with van der Waals surface area (Å²) in [6.45, 7) is -3.21.